The minimum absolute atomic E-state index is 0.0951. The van der Waals surface area contributed by atoms with E-state index >= 15 is 0 Å². The molecule has 0 fully saturated rings. The molecular weight excluding hydrogens is 430 g/mol. The molecule has 5 aromatic rings. The molecule has 5 rings (SSSR count). The van der Waals surface area contributed by atoms with Crippen LogP contribution in [-0.4, -0.2) is 14.7 Å². The lowest BCUT2D eigenvalue weighted by Crippen LogP contribution is -2.18. The normalized spacial score (nSPS) is 11.1. The fraction of sp³-hybridized carbons (Fsp3) is 0. The van der Waals surface area contributed by atoms with Gasteiger partial charge in [-0.2, -0.15) is 4.98 Å². The maximum Gasteiger partial charge on any atom is 0.262 e. The average molecular weight is 444 g/mol. The molecule has 0 atom stereocenters. The second-order valence-electron chi connectivity index (χ2n) is 6.53. The van der Waals surface area contributed by atoms with E-state index in [1.54, 1.807) is 10.8 Å². The maximum atomic E-state index is 13.1. The van der Waals surface area contributed by atoms with E-state index in [9.17, 15) is 4.79 Å². The average Bonchev–Trinajstić information content (AvgIpc) is 3.25. The standard InChI is InChI=1S/C23H14BrN3O2/c24-16-8-6-7-15(13-16)21-25-22(29-26-21)20-14-27(17-9-2-1-3-10-17)23(28)19-12-5-4-11-18(19)20/h1-14H. The van der Waals surface area contributed by atoms with Crippen LogP contribution in [0.3, 0.4) is 0 Å². The molecule has 0 bridgehead atoms. The van der Waals surface area contributed by atoms with Gasteiger partial charge < -0.3 is 4.52 Å². The molecule has 0 N–H and O–H groups in total. The van der Waals surface area contributed by atoms with Crippen molar-refractivity contribution in [1.82, 2.24) is 14.7 Å². The van der Waals surface area contributed by atoms with Gasteiger partial charge in [0, 0.05) is 32.7 Å². The molecular formula is C23H14BrN3O2. The Hall–Kier alpha value is -3.51. The van der Waals surface area contributed by atoms with Crippen LogP contribution in [0, 0.1) is 0 Å². The van der Waals surface area contributed by atoms with Gasteiger partial charge in [0.25, 0.3) is 11.4 Å². The summed E-state index contributed by atoms with van der Waals surface area (Å²) < 4.78 is 8.14. The Morgan fingerprint density at radius 2 is 1.62 bits per heavy atom. The first-order valence-electron chi connectivity index (χ1n) is 9.00. The van der Waals surface area contributed by atoms with Crippen LogP contribution in [0.15, 0.2) is 98.8 Å². The van der Waals surface area contributed by atoms with Crippen molar-refractivity contribution in [2.24, 2.45) is 0 Å². The SMILES string of the molecule is O=c1c2ccccc2c(-c2nc(-c3cccc(Br)c3)no2)cn1-c1ccccc1. The molecule has 0 unspecified atom stereocenters. The van der Waals surface area contributed by atoms with Gasteiger partial charge in [0.1, 0.15) is 0 Å². The number of rotatable bonds is 3. The Morgan fingerprint density at radius 1 is 0.862 bits per heavy atom. The lowest BCUT2D eigenvalue weighted by atomic mass is 10.1. The zero-order chi connectivity index (χ0) is 19.8. The van der Waals surface area contributed by atoms with Crippen LogP contribution in [0.2, 0.25) is 0 Å². The molecule has 0 radical (unpaired) electrons. The summed E-state index contributed by atoms with van der Waals surface area (Å²) in [7, 11) is 0. The van der Waals surface area contributed by atoms with E-state index in [1.807, 2.05) is 78.9 Å². The van der Waals surface area contributed by atoms with Gasteiger partial charge >= 0.3 is 0 Å². The van der Waals surface area contributed by atoms with Gasteiger partial charge in [-0.25, -0.2) is 0 Å². The molecule has 0 saturated heterocycles. The summed E-state index contributed by atoms with van der Waals surface area (Å²) in [5, 5.41) is 5.51. The van der Waals surface area contributed by atoms with Crippen LogP contribution in [0.4, 0.5) is 0 Å². The maximum absolute atomic E-state index is 13.1. The first-order valence-corrected chi connectivity index (χ1v) is 9.80. The first-order chi connectivity index (χ1) is 14.2. The van der Waals surface area contributed by atoms with E-state index in [2.05, 4.69) is 26.1 Å². The highest BCUT2D eigenvalue weighted by Gasteiger charge is 2.17. The Kier molecular flexibility index (Phi) is 4.33. The number of halogens is 1. The Labute approximate surface area is 174 Å². The van der Waals surface area contributed by atoms with E-state index in [-0.39, 0.29) is 5.56 Å². The van der Waals surface area contributed by atoms with Crippen molar-refractivity contribution in [2.45, 2.75) is 0 Å². The molecule has 0 saturated carbocycles. The zero-order valence-electron chi connectivity index (χ0n) is 15.1. The monoisotopic (exact) mass is 443 g/mol. The molecule has 5 nitrogen and oxygen atoms in total. The number of fused-ring (bicyclic) bond motifs is 1. The van der Waals surface area contributed by atoms with Crippen molar-refractivity contribution in [1.29, 1.82) is 0 Å². The van der Waals surface area contributed by atoms with Gasteiger partial charge in [-0.3, -0.25) is 9.36 Å². The molecule has 0 aliphatic rings. The number of para-hydroxylation sites is 1. The van der Waals surface area contributed by atoms with Crippen LogP contribution >= 0.6 is 15.9 Å². The Balaban J connectivity index is 1.73. The van der Waals surface area contributed by atoms with Crippen molar-refractivity contribution in [3.05, 3.63) is 99.9 Å². The van der Waals surface area contributed by atoms with Gasteiger partial charge in [-0.05, 0) is 30.3 Å². The fourth-order valence-corrected chi connectivity index (χ4v) is 3.72. The molecule has 0 aliphatic heterocycles. The van der Waals surface area contributed by atoms with Gasteiger partial charge in [0.15, 0.2) is 0 Å². The largest absolute Gasteiger partial charge is 0.334 e. The van der Waals surface area contributed by atoms with Gasteiger partial charge in [0.05, 0.1) is 5.56 Å². The smallest absolute Gasteiger partial charge is 0.262 e. The van der Waals surface area contributed by atoms with E-state index in [1.165, 1.54) is 0 Å². The van der Waals surface area contributed by atoms with Gasteiger partial charge in [-0.15, -0.1) is 0 Å². The summed E-state index contributed by atoms with van der Waals surface area (Å²) in [4.78, 5) is 17.7. The molecule has 0 aliphatic carbocycles. The summed E-state index contributed by atoms with van der Waals surface area (Å²) in [6, 6.07) is 24.6. The van der Waals surface area contributed by atoms with E-state index < -0.39 is 0 Å². The number of hydrogen-bond donors (Lipinski definition) is 0. The molecule has 0 spiro atoms. The molecule has 0 amide bonds. The zero-order valence-corrected chi connectivity index (χ0v) is 16.7. The number of benzene rings is 3. The van der Waals surface area contributed by atoms with Crippen molar-refractivity contribution in [2.75, 3.05) is 0 Å². The number of aromatic nitrogens is 3. The Bertz CT molecular complexity index is 1390. The topological polar surface area (TPSA) is 60.9 Å². The van der Waals surface area contributed by atoms with E-state index in [0.717, 1.165) is 21.1 Å². The highest BCUT2D eigenvalue weighted by molar-refractivity contribution is 9.10. The summed E-state index contributed by atoms with van der Waals surface area (Å²) >= 11 is 3.46. The minimum atomic E-state index is -0.0951. The highest BCUT2D eigenvalue weighted by Crippen LogP contribution is 2.29. The van der Waals surface area contributed by atoms with E-state index in [4.69, 9.17) is 4.52 Å². The predicted octanol–water partition coefficient (Wildman–Crippen LogP) is 5.47. The first kappa shape index (κ1) is 17.6. The third-order valence-electron chi connectivity index (χ3n) is 4.70. The second-order valence-corrected chi connectivity index (χ2v) is 7.45. The fourth-order valence-electron chi connectivity index (χ4n) is 3.32. The lowest BCUT2D eigenvalue weighted by Gasteiger charge is -2.10. The minimum Gasteiger partial charge on any atom is -0.334 e. The number of hydrogen-bond acceptors (Lipinski definition) is 4. The Morgan fingerprint density at radius 3 is 2.41 bits per heavy atom. The van der Waals surface area contributed by atoms with E-state index in [0.29, 0.717) is 22.7 Å². The molecule has 29 heavy (non-hydrogen) atoms. The van der Waals surface area contributed by atoms with Crippen LogP contribution in [0.5, 0.6) is 0 Å². The van der Waals surface area contributed by atoms with Gasteiger partial charge in [-0.1, -0.05) is 69.6 Å². The lowest BCUT2D eigenvalue weighted by molar-refractivity contribution is 0.432. The van der Waals surface area contributed by atoms with Crippen LogP contribution in [0.25, 0.3) is 39.3 Å². The third-order valence-corrected chi connectivity index (χ3v) is 5.19. The quantitative estimate of drug-likeness (QED) is 0.370. The van der Waals surface area contributed by atoms with Crippen LogP contribution in [-0.2, 0) is 0 Å². The van der Waals surface area contributed by atoms with Crippen LogP contribution < -0.4 is 5.56 Å². The van der Waals surface area contributed by atoms with Gasteiger partial charge in [0.2, 0.25) is 5.82 Å². The van der Waals surface area contributed by atoms with Crippen molar-refractivity contribution in [3.8, 4) is 28.5 Å². The summed E-state index contributed by atoms with van der Waals surface area (Å²) in [5.74, 6) is 0.851. The summed E-state index contributed by atoms with van der Waals surface area (Å²) in [6.45, 7) is 0. The van der Waals surface area contributed by atoms with Crippen LogP contribution in [0.1, 0.15) is 0 Å². The molecule has 2 heterocycles. The predicted molar refractivity (Wildman–Crippen MR) is 116 cm³/mol. The number of nitrogens with zero attached hydrogens (tertiary/aromatic N) is 3. The highest BCUT2D eigenvalue weighted by atomic mass is 79.9. The molecule has 140 valence electrons. The summed E-state index contributed by atoms with van der Waals surface area (Å²) in [6.07, 6.45) is 1.76. The second kappa shape index (κ2) is 7.14. The van der Waals surface area contributed by atoms with Crippen molar-refractivity contribution in [3.63, 3.8) is 0 Å². The third kappa shape index (κ3) is 3.17. The number of pyridine rings is 1. The molecule has 3 aromatic carbocycles. The van der Waals surface area contributed by atoms with Crippen molar-refractivity contribution < 1.29 is 4.52 Å². The molecule has 6 heteroatoms. The van der Waals surface area contributed by atoms with Crippen molar-refractivity contribution >= 4 is 26.7 Å². The molecule has 2 aromatic heterocycles. The summed E-state index contributed by atoms with van der Waals surface area (Å²) in [5.41, 5.74) is 2.23.